The summed E-state index contributed by atoms with van der Waals surface area (Å²) in [5, 5.41) is 14.1. The SMILES string of the molecule is COC(=O)CC[C@H](NC(=O)NC(C)CCC(C)C)C(=O)O. The van der Waals surface area contributed by atoms with Crippen molar-refractivity contribution in [3.8, 4) is 0 Å². The minimum Gasteiger partial charge on any atom is -0.480 e. The maximum absolute atomic E-state index is 11.7. The van der Waals surface area contributed by atoms with Gasteiger partial charge in [0.1, 0.15) is 6.04 Å². The Hall–Kier alpha value is -1.79. The average Bonchev–Trinajstić information content (AvgIpc) is 2.40. The molecule has 2 atom stereocenters. The van der Waals surface area contributed by atoms with Crippen LogP contribution in [0.1, 0.15) is 46.5 Å². The van der Waals surface area contributed by atoms with Gasteiger partial charge < -0.3 is 20.5 Å². The number of esters is 1. The summed E-state index contributed by atoms with van der Waals surface area (Å²) < 4.78 is 4.44. The van der Waals surface area contributed by atoms with Crippen LogP contribution < -0.4 is 10.6 Å². The Morgan fingerprint density at radius 2 is 1.67 bits per heavy atom. The predicted octanol–water partition coefficient (Wildman–Crippen LogP) is 1.52. The molecule has 0 aliphatic heterocycles. The van der Waals surface area contributed by atoms with Gasteiger partial charge in [0, 0.05) is 12.5 Å². The Kier molecular flexibility index (Phi) is 9.16. The van der Waals surface area contributed by atoms with Gasteiger partial charge in [-0.3, -0.25) is 4.79 Å². The van der Waals surface area contributed by atoms with Crippen molar-refractivity contribution in [1.29, 1.82) is 0 Å². The zero-order valence-corrected chi connectivity index (χ0v) is 13.1. The fourth-order valence-electron chi connectivity index (χ4n) is 1.70. The molecule has 0 fully saturated rings. The van der Waals surface area contributed by atoms with E-state index in [2.05, 4.69) is 29.2 Å². The number of urea groups is 1. The predicted molar refractivity (Wildman–Crippen MR) is 77.9 cm³/mol. The van der Waals surface area contributed by atoms with Crippen LogP contribution in [0, 0.1) is 5.92 Å². The van der Waals surface area contributed by atoms with E-state index >= 15 is 0 Å². The van der Waals surface area contributed by atoms with Gasteiger partial charge in [0.25, 0.3) is 0 Å². The zero-order chi connectivity index (χ0) is 16.4. The molecule has 0 aromatic carbocycles. The largest absolute Gasteiger partial charge is 0.480 e. The minimum absolute atomic E-state index is 0.00416. The van der Waals surface area contributed by atoms with Crippen LogP contribution in [0.25, 0.3) is 0 Å². The van der Waals surface area contributed by atoms with Gasteiger partial charge in [0.15, 0.2) is 0 Å². The standard InChI is InChI=1S/C14H26N2O5/c1-9(2)5-6-10(3)15-14(20)16-11(13(18)19)7-8-12(17)21-4/h9-11H,5-8H2,1-4H3,(H,18,19)(H2,15,16,20)/t10?,11-/m0/s1. The van der Waals surface area contributed by atoms with E-state index < -0.39 is 24.0 Å². The zero-order valence-electron chi connectivity index (χ0n) is 13.1. The van der Waals surface area contributed by atoms with E-state index in [0.717, 1.165) is 12.8 Å². The molecule has 0 saturated heterocycles. The van der Waals surface area contributed by atoms with E-state index in [0.29, 0.717) is 5.92 Å². The first-order valence-corrected chi connectivity index (χ1v) is 7.12. The summed E-state index contributed by atoms with van der Waals surface area (Å²) in [6.07, 6.45) is 1.74. The molecule has 0 bridgehead atoms. The van der Waals surface area contributed by atoms with Crippen LogP contribution in [0.15, 0.2) is 0 Å². The summed E-state index contributed by atoms with van der Waals surface area (Å²) in [7, 11) is 1.23. The number of hydrogen-bond donors (Lipinski definition) is 3. The first kappa shape index (κ1) is 19.2. The van der Waals surface area contributed by atoms with Crippen molar-refractivity contribution in [2.45, 2.75) is 58.5 Å². The number of methoxy groups -OCH3 is 1. The summed E-state index contributed by atoms with van der Waals surface area (Å²) in [5.74, 6) is -1.14. The number of carbonyl (C=O) groups is 3. The lowest BCUT2D eigenvalue weighted by Crippen LogP contribution is -2.48. The molecule has 0 aromatic heterocycles. The molecule has 0 saturated carbocycles. The first-order valence-electron chi connectivity index (χ1n) is 7.12. The summed E-state index contributed by atoms with van der Waals surface area (Å²) >= 11 is 0. The van der Waals surface area contributed by atoms with Crippen molar-refractivity contribution in [2.75, 3.05) is 7.11 Å². The van der Waals surface area contributed by atoms with E-state index in [1.165, 1.54) is 7.11 Å². The van der Waals surface area contributed by atoms with Gasteiger partial charge in [-0.2, -0.15) is 0 Å². The van der Waals surface area contributed by atoms with Crippen molar-refractivity contribution in [3.05, 3.63) is 0 Å². The van der Waals surface area contributed by atoms with Crippen LogP contribution in [-0.2, 0) is 14.3 Å². The highest BCUT2D eigenvalue weighted by Crippen LogP contribution is 2.06. The number of carboxylic acids is 1. The maximum atomic E-state index is 11.7. The van der Waals surface area contributed by atoms with Gasteiger partial charge >= 0.3 is 18.0 Å². The van der Waals surface area contributed by atoms with Gasteiger partial charge in [0.05, 0.1) is 7.11 Å². The molecule has 0 rings (SSSR count). The van der Waals surface area contributed by atoms with E-state index in [4.69, 9.17) is 5.11 Å². The van der Waals surface area contributed by atoms with Gasteiger partial charge in [-0.1, -0.05) is 13.8 Å². The number of hydrogen-bond acceptors (Lipinski definition) is 4. The van der Waals surface area contributed by atoms with Crippen LogP contribution in [0.5, 0.6) is 0 Å². The Morgan fingerprint density at radius 3 is 2.14 bits per heavy atom. The normalized spacial score (nSPS) is 13.4. The van der Waals surface area contributed by atoms with E-state index in [-0.39, 0.29) is 18.9 Å². The van der Waals surface area contributed by atoms with Crippen molar-refractivity contribution in [1.82, 2.24) is 10.6 Å². The lowest BCUT2D eigenvalue weighted by molar-refractivity contribution is -0.142. The molecule has 122 valence electrons. The summed E-state index contributed by atoms with van der Waals surface area (Å²) in [6.45, 7) is 6.06. The first-order chi connectivity index (χ1) is 9.76. The summed E-state index contributed by atoms with van der Waals surface area (Å²) in [5.41, 5.74) is 0. The molecule has 0 aliphatic carbocycles. The lowest BCUT2D eigenvalue weighted by Gasteiger charge is -2.18. The number of amides is 2. The Labute approximate surface area is 125 Å². The van der Waals surface area contributed by atoms with E-state index in [1.807, 2.05) is 6.92 Å². The molecule has 3 N–H and O–H groups in total. The Balaban J connectivity index is 4.22. The number of carbonyl (C=O) groups excluding carboxylic acids is 2. The smallest absolute Gasteiger partial charge is 0.326 e. The van der Waals surface area contributed by atoms with Crippen LogP contribution in [0.3, 0.4) is 0 Å². The highest BCUT2D eigenvalue weighted by atomic mass is 16.5. The van der Waals surface area contributed by atoms with Crippen molar-refractivity contribution < 1.29 is 24.2 Å². The number of carboxylic acid groups (broad SMARTS) is 1. The molecule has 0 aromatic rings. The monoisotopic (exact) mass is 302 g/mol. The molecule has 2 amide bonds. The van der Waals surface area contributed by atoms with E-state index in [9.17, 15) is 14.4 Å². The third-order valence-electron chi connectivity index (χ3n) is 3.02. The molecule has 7 heteroatoms. The second kappa shape index (κ2) is 10.0. The lowest BCUT2D eigenvalue weighted by atomic mass is 10.0. The number of rotatable bonds is 9. The van der Waals surface area contributed by atoms with E-state index in [1.54, 1.807) is 0 Å². The Bertz CT molecular complexity index is 357. The molecular weight excluding hydrogens is 276 g/mol. The summed E-state index contributed by atoms with van der Waals surface area (Å²) in [6, 6.07) is -1.69. The third-order valence-corrected chi connectivity index (χ3v) is 3.02. The number of nitrogens with one attached hydrogen (secondary N) is 2. The number of aliphatic carboxylic acids is 1. The highest BCUT2D eigenvalue weighted by Gasteiger charge is 2.21. The van der Waals surface area contributed by atoms with Gasteiger partial charge in [0.2, 0.25) is 0 Å². The molecule has 0 radical (unpaired) electrons. The van der Waals surface area contributed by atoms with Crippen LogP contribution >= 0.6 is 0 Å². The fourth-order valence-corrected chi connectivity index (χ4v) is 1.70. The molecule has 0 aliphatic rings. The molecule has 1 unspecified atom stereocenters. The summed E-state index contributed by atoms with van der Waals surface area (Å²) in [4.78, 5) is 33.8. The molecule has 0 spiro atoms. The van der Waals surface area contributed by atoms with Gasteiger partial charge in [-0.05, 0) is 32.1 Å². The second-order valence-electron chi connectivity index (χ2n) is 5.50. The fraction of sp³-hybridized carbons (Fsp3) is 0.786. The number of ether oxygens (including phenoxy) is 1. The minimum atomic E-state index is -1.18. The van der Waals surface area contributed by atoms with Crippen molar-refractivity contribution >= 4 is 18.0 Å². The topological polar surface area (TPSA) is 105 Å². The van der Waals surface area contributed by atoms with Crippen molar-refractivity contribution in [2.24, 2.45) is 5.92 Å². The quantitative estimate of drug-likeness (QED) is 0.560. The van der Waals surface area contributed by atoms with Crippen LogP contribution in [0.2, 0.25) is 0 Å². The second-order valence-corrected chi connectivity index (χ2v) is 5.50. The van der Waals surface area contributed by atoms with Gasteiger partial charge in [-0.25, -0.2) is 9.59 Å². The van der Waals surface area contributed by atoms with Gasteiger partial charge in [-0.15, -0.1) is 0 Å². The average molecular weight is 302 g/mol. The molecular formula is C14H26N2O5. The third kappa shape index (κ3) is 9.70. The van der Waals surface area contributed by atoms with Crippen LogP contribution in [0.4, 0.5) is 4.79 Å². The maximum Gasteiger partial charge on any atom is 0.326 e. The highest BCUT2D eigenvalue weighted by molar-refractivity contribution is 5.83. The molecule has 0 heterocycles. The van der Waals surface area contributed by atoms with Crippen LogP contribution in [-0.4, -0.2) is 42.3 Å². The van der Waals surface area contributed by atoms with Crippen molar-refractivity contribution in [3.63, 3.8) is 0 Å². The molecule has 21 heavy (non-hydrogen) atoms. The molecule has 7 nitrogen and oxygen atoms in total. The Morgan fingerprint density at radius 1 is 1.05 bits per heavy atom.